The Bertz CT molecular complexity index is 794. The smallest absolute Gasteiger partial charge is 0.416 e. The molecule has 1 amide bonds. The minimum atomic E-state index is -4.39. The number of piperidine rings is 1. The van der Waals surface area contributed by atoms with Crippen molar-refractivity contribution in [2.24, 2.45) is 5.92 Å². The Kier molecular flexibility index (Phi) is 6.79. The van der Waals surface area contributed by atoms with Crippen LogP contribution in [0.5, 0.6) is 5.75 Å². The minimum Gasteiger partial charge on any atom is -0.484 e. The third-order valence-electron chi connectivity index (χ3n) is 5.14. The van der Waals surface area contributed by atoms with E-state index in [2.05, 4.69) is 29.3 Å². The highest BCUT2D eigenvalue weighted by molar-refractivity contribution is 5.77. The molecule has 2 aromatic rings. The number of alkyl halides is 3. The monoisotopic (exact) mass is 406 g/mol. The van der Waals surface area contributed by atoms with Crippen LogP contribution in [0.3, 0.4) is 0 Å². The van der Waals surface area contributed by atoms with Gasteiger partial charge in [0.1, 0.15) is 5.75 Å². The lowest BCUT2D eigenvalue weighted by Gasteiger charge is -2.37. The van der Waals surface area contributed by atoms with E-state index in [9.17, 15) is 18.0 Å². The van der Waals surface area contributed by atoms with Crippen LogP contribution in [-0.4, -0.2) is 36.5 Å². The maximum Gasteiger partial charge on any atom is 0.416 e. The molecule has 1 N–H and O–H groups in total. The molecule has 29 heavy (non-hydrogen) atoms. The fourth-order valence-corrected chi connectivity index (χ4v) is 3.57. The second-order valence-electron chi connectivity index (χ2n) is 7.47. The van der Waals surface area contributed by atoms with Gasteiger partial charge in [-0.15, -0.1) is 0 Å². The first-order valence-electron chi connectivity index (χ1n) is 9.67. The summed E-state index contributed by atoms with van der Waals surface area (Å²) in [5, 5.41) is 2.99. The van der Waals surface area contributed by atoms with Crippen molar-refractivity contribution < 1.29 is 22.7 Å². The van der Waals surface area contributed by atoms with Gasteiger partial charge in [0.15, 0.2) is 6.61 Å². The summed E-state index contributed by atoms with van der Waals surface area (Å²) in [6.07, 6.45) is -3.54. The summed E-state index contributed by atoms with van der Waals surface area (Å²) >= 11 is 0. The number of likely N-dealkylation sites (tertiary alicyclic amines) is 1. The number of ether oxygens (including phenoxy) is 1. The van der Waals surface area contributed by atoms with Crippen molar-refractivity contribution in [3.05, 3.63) is 65.7 Å². The second kappa shape index (κ2) is 9.31. The zero-order chi connectivity index (χ0) is 20.9. The van der Waals surface area contributed by atoms with Gasteiger partial charge in [-0.1, -0.05) is 37.3 Å². The number of halogens is 3. The lowest BCUT2D eigenvalue weighted by atomic mass is 9.93. The molecule has 0 spiro atoms. The van der Waals surface area contributed by atoms with E-state index in [0.717, 1.165) is 38.2 Å². The molecule has 156 valence electrons. The average molecular weight is 406 g/mol. The van der Waals surface area contributed by atoms with Crippen LogP contribution in [0.1, 0.15) is 24.5 Å². The number of nitrogens with one attached hydrogen (secondary N) is 1. The number of hydrogen-bond acceptors (Lipinski definition) is 3. The first kappa shape index (κ1) is 21.2. The predicted molar refractivity (Wildman–Crippen MR) is 104 cm³/mol. The normalized spacial score (nSPS) is 20.3. The van der Waals surface area contributed by atoms with Gasteiger partial charge in [-0.2, -0.15) is 13.2 Å². The Balaban J connectivity index is 1.43. The van der Waals surface area contributed by atoms with Crippen molar-refractivity contribution in [1.29, 1.82) is 0 Å². The number of rotatable bonds is 6. The van der Waals surface area contributed by atoms with Crippen LogP contribution >= 0.6 is 0 Å². The third kappa shape index (κ3) is 6.22. The molecule has 2 aromatic carbocycles. The van der Waals surface area contributed by atoms with E-state index in [-0.39, 0.29) is 24.3 Å². The molecule has 0 saturated carbocycles. The quantitative estimate of drug-likeness (QED) is 0.785. The largest absolute Gasteiger partial charge is 0.484 e. The number of nitrogens with zero attached hydrogens (tertiary/aromatic N) is 1. The third-order valence-corrected chi connectivity index (χ3v) is 5.14. The maximum absolute atomic E-state index is 12.6. The van der Waals surface area contributed by atoms with Gasteiger partial charge < -0.3 is 10.1 Å². The summed E-state index contributed by atoms with van der Waals surface area (Å²) in [5.74, 6) is 0.264. The second-order valence-corrected chi connectivity index (χ2v) is 7.47. The summed E-state index contributed by atoms with van der Waals surface area (Å²) < 4.78 is 43.0. The number of amides is 1. The Morgan fingerprint density at radius 3 is 2.45 bits per heavy atom. The lowest BCUT2D eigenvalue weighted by molar-refractivity contribution is -0.137. The van der Waals surface area contributed by atoms with Crippen molar-refractivity contribution in [3.8, 4) is 5.75 Å². The van der Waals surface area contributed by atoms with E-state index in [1.54, 1.807) is 0 Å². The molecular weight excluding hydrogens is 381 g/mol. The van der Waals surface area contributed by atoms with E-state index < -0.39 is 11.7 Å². The SMILES string of the molecule is C[C@@H]1CN(Cc2ccccc2)CC[C@H]1NC(=O)COc1ccc(C(F)(F)F)cc1. The van der Waals surface area contributed by atoms with Crippen LogP contribution in [0.15, 0.2) is 54.6 Å². The molecule has 2 atom stereocenters. The van der Waals surface area contributed by atoms with Gasteiger partial charge in [-0.25, -0.2) is 0 Å². The van der Waals surface area contributed by atoms with Gasteiger partial charge in [-0.3, -0.25) is 9.69 Å². The molecule has 1 heterocycles. The van der Waals surface area contributed by atoms with E-state index in [0.29, 0.717) is 5.92 Å². The first-order valence-corrected chi connectivity index (χ1v) is 9.67. The van der Waals surface area contributed by atoms with Gasteiger partial charge in [0.2, 0.25) is 0 Å². The molecule has 0 bridgehead atoms. The van der Waals surface area contributed by atoms with Gasteiger partial charge in [0.05, 0.1) is 5.56 Å². The van der Waals surface area contributed by atoms with E-state index in [1.165, 1.54) is 17.7 Å². The van der Waals surface area contributed by atoms with Gasteiger partial charge in [0, 0.05) is 25.7 Å². The van der Waals surface area contributed by atoms with Gasteiger partial charge in [-0.05, 0) is 42.2 Å². The van der Waals surface area contributed by atoms with Gasteiger partial charge in [0.25, 0.3) is 5.91 Å². The summed E-state index contributed by atoms with van der Waals surface area (Å²) in [6, 6.07) is 14.7. The summed E-state index contributed by atoms with van der Waals surface area (Å²) in [5.41, 5.74) is 0.525. The topological polar surface area (TPSA) is 41.6 Å². The molecule has 0 aliphatic carbocycles. The predicted octanol–water partition coefficient (Wildman–Crippen LogP) is 4.11. The molecule has 3 rings (SSSR count). The zero-order valence-corrected chi connectivity index (χ0v) is 16.3. The molecule has 0 radical (unpaired) electrons. The molecular formula is C22H25F3N2O2. The lowest BCUT2D eigenvalue weighted by Crippen LogP contribution is -2.50. The molecule has 0 aromatic heterocycles. The number of hydrogen-bond donors (Lipinski definition) is 1. The minimum absolute atomic E-state index is 0.0609. The number of carbonyl (C=O) groups is 1. The van der Waals surface area contributed by atoms with E-state index in [4.69, 9.17) is 4.74 Å². The molecule has 1 saturated heterocycles. The van der Waals surface area contributed by atoms with Gasteiger partial charge >= 0.3 is 6.18 Å². The van der Waals surface area contributed by atoms with Crippen LogP contribution in [0.2, 0.25) is 0 Å². The maximum atomic E-state index is 12.6. The summed E-state index contributed by atoms with van der Waals surface area (Å²) in [4.78, 5) is 14.6. The summed E-state index contributed by atoms with van der Waals surface area (Å²) in [7, 11) is 0. The number of carbonyl (C=O) groups excluding carboxylic acids is 1. The van der Waals surface area contributed by atoms with Crippen molar-refractivity contribution in [3.63, 3.8) is 0 Å². The molecule has 0 unspecified atom stereocenters. The van der Waals surface area contributed by atoms with Crippen LogP contribution in [0.4, 0.5) is 13.2 Å². The van der Waals surface area contributed by atoms with Crippen molar-refractivity contribution in [1.82, 2.24) is 10.2 Å². The molecule has 1 aliphatic heterocycles. The van der Waals surface area contributed by atoms with E-state index >= 15 is 0 Å². The van der Waals surface area contributed by atoms with Crippen LogP contribution in [0.25, 0.3) is 0 Å². The molecule has 7 heteroatoms. The Hall–Kier alpha value is -2.54. The highest BCUT2D eigenvalue weighted by Gasteiger charge is 2.30. The first-order chi connectivity index (χ1) is 13.8. The average Bonchev–Trinajstić information content (AvgIpc) is 2.69. The highest BCUT2D eigenvalue weighted by Crippen LogP contribution is 2.30. The fourth-order valence-electron chi connectivity index (χ4n) is 3.57. The molecule has 4 nitrogen and oxygen atoms in total. The standard InChI is InChI=1S/C22H25F3N2O2/c1-16-13-27(14-17-5-3-2-4-6-17)12-11-20(16)26-21(28)15-29-19-9-7-18(8-10-19)22(23,24)25/h2-10,16,20H,11-15H2,1H3,(H,26,28)/t16-,20-/m1/s1. The highest BCUT2D eigenvalue weighted by atomic mass is 19.4. The number of benzene rings is 2. The molecule has 1 fully saturated rings. The van der Waals surface area contributed by atoms with Crippen LogP contribution in [-0.2, 0) is 17.5 Å². The Labute approximate surface area is 168 Å². The van der Waals surface area contributed by atoms with E-state index in [1.807, 2.05) is 18.2 Å². The van der Waals surface area contributed by atoms with Crippen LogP contribution in [0, 0.1) is 5.92 Å². The van der Waals surface area contributed by atoms with Crippen molar-refractivity contribution in [2.75, 3.05) is 19.7 Å². The fraction of sp³-hybridized carbons (Fsp3) is 0.409. The zero-order valence-electron chi connectivity index (χ0n) is 16.3. The summed E-state index contributed by atoms with van der Waals surface area (Å²) in [6.45, 7) is 4.56. The van der Waals surface area contributed by atoms with Crippen molar-refractivity contribution in [2.45, 2.75) is 32.1 Å². The molecule has 1 aliphatic rings. The Morgan fingerprint density at radius 1 is 1.14 bits per heavy atom. The van der Waals surface area contributed by atoms with Crippen molar-refractivity contribution >= 4 is 5.91 Å². The Morgan fingerprint density at radius 2 is 1.83 bits per heavy atom. The van der Waals surface area contributed by atoms with Crippen LogP contribution < -0.4 is 10.1 Å².